The van der Waals surface area contributed by atoms with Crippen LogP contribution in [0, 0.1) is 11.3 Å². The highest BCUT2D eigenvalue weighted by Gasteiger charge is 2.35. The summed E-state index contributed by atoms with van der Waals surface area (Å²) in [7, 11) is 0. The van der Waals surface area contributed by atoms with Crippen LogP contribution in [0.1, 0.15) is 46.1 Å². The molecule has 4 aromatic rings. The van der Waals surface area contributed by atoms with Crippen LogP contribution in [0.4, 0.5) is 39.3 Å². The lowest BCUT2D eigenvalue weighted by Crippen LogP contribution is -2.29. The maximum atomic E-state index is 12.6. The van der Waals surface area contributed by atoms with E-state index in [1.807, 2.05) is 6.07 Å². The Morgan fingerprint density at radius 2 is 1.62 bits per heavy atom. The second-order valence-corrected chi connectivity index (χ2v) is 12.0. The fraction of sp³-hybridized carbons (Fsp3) is 0.375. The summed E-state index contributed by atoms with van der Waals surface area (Å²) in [5, 5.41) is 5.90. The molecule has 3 aromatic carbocycles. The number of ether oxygens (including phenoxy) is 3. The third-order valence-corrected chi connectivity index (χ3v) is 7.47. The van der Waals surface area contributed by atoms with Crippen molar-refractivity contribution in [3.8, 4) is 17.2 Å². The van der Waals surface area contributed by atoms with Gasteiger partial charge in [0.05, 0.1) is 11.0 Å². The lowest BCUT2D eigenvalue weighted by molar-refractivity contribution is -0.274. The third kappa shape index (κ3) is 8.55. The van der Waals surface area contributed by atoms with E-state index in [0.29, 0.717) is 34.5 Å². The van der Waals surface area contributed by atoms with Gasteiger partial charge in [0.15, 0.2) is 6.61 Å². The molecule has 0 unspecified atom stereocenters. The van der Waals surface area contributed by atoms with Crippen molar-refractivity contribution >= 4 is 34.3 Å². The average Bonchev–Trinajstić information content (AvgIpc) is 3.29. The minimum absolute atomic E-state index is 0.0282. The molecular weight excluding hydrogens is 599 g/mol. The molecule has 0 radical (unpaired) electrons. The molecule has 2 N–H and O–H groups in total. The predicted octanol–water partition coefficient (Wildman–Crippen LogP) is 8.68. The molecule has 0 bridgehead atoms. The highest BCUT2D eigenvalue weighted by molar-refractivity contribution is 5.92. The van der Waals surface area contributed by atoms with Crippen molar-refractivity contribution in [2.75, 3.05) is 17.2 Å². The first-order chi connectivity index (χ1) is 21.2. The molecule has 5 rings (SSSR count). The molecule has 8 nitrogen and oxygen atoms in total. The molecule has 13 heteroatoms. The second-order valence-electron chi connectivity index (χ2n) is 12.0. The Labute approximate surface area is 256 Å². The molecule has 1 heterocycles. The van der Waals surface area contributed by atoms with Crippen molar-refractivity contribution < 1.29 is 41.0 Å². The van der Waals surface area contributed by atoms with Crippen LogP contribution >= 0.6 is 0 Å². The van der Waals surface area contributed by atoms with E-state index in [2.05, 4.69) is 45.4 Å². The van der Waals surface area contributed by atoms with Gasteiger partial charge in [-0.1, -0.05) is 20.8 Å². The van der Waals surface area contributed by atoms with Gasteiger partial charge in [0.25, 0.3) is 5.91 Å². The quantitative estimate of drug-likeness (QED) is 0.170. The summed E-state index contributed by atoms with van der Waals surface area (Å²) in [6.07, 6.45) is -1.86. The molecule has 1 aromatic heterocycles. The normalized spacial score (nSPS) is 18.1. The highest BCUT2D eigenvalue weighted by atomic mass is 19.4. The van der Waals surface area contributed by atoms with Crippen molar-refractivity contribution in [2.45, 2.75) is 59.0 Å². The molecule has 2 atom stereocenters. The molecule has 0 aliphatic heterocycles. The first kappa shape index (κ1) is 31.9. The maximum Gasteiger partial charge on any atom is 0.573 e. The number of fused-ring (bicyclic) bond motifs is 1. The number of nitrogens with zero attached hydrogens (tertiary/aromatic N) is 2. The van der Waals surface area contributed by atoms with Gasteiger partial charge < -0.3 is 29.4 Å². The lowest BCUT2D eigenvalue weighted by Gasteiger charge is -2.40. The van der Waals surface area contributed by atoms with Crippen LogP contribution < -0.4 is 24.8 Å². The summed E-state index contributed by atoms with van der Waals surface area (Å²) < 4.78 is 78.8. The number of rotatable bonds is 10. The van der Waals surface area contributed by atoms with Gasteiger partial charge in [-0.05, 0) is 91.3 Å². The largest absolute Gasteiger partial charge is 0.573 e. The van der Waals surface area contributed by atoms with Gasteiger partial charge in [-0.15, -0.1) is 13.2 Å². The monoisotopic (exact) mass is 632 g/mol. The number of imidazole rings is 1. The van der Waals surface area contributed by atoms with Gasteiger partial charge in [0, 0.05) is 23.5 Å². The Balaban J connectivity index is 1.35. The zero-order chi connectivity index (χ0) is 32.4. The van der Waals surface area contributed by atoms with Crippen molar-refractivity contribution in [3.05, 3.63) is 66.7 Å². The predicted molar refractivity (Wildman–Crippen MR) is 159 cm³/mol. The standard InChI is InChI=1S/C32H33F5N4O4/c1-19-14-22(17-31(2,3)16-19)41-27-13-12-25(43-18-28(42)38-20-4-8-23(9-5-20)44-29(33)34)15-26(27)40-30(41)39-21-6-10-24(11-7-21)45-32(35,36)37/h4-13,15,19,22,29H,14,16-18H2,1-3H3,(H,38,42)(H,39,40)/t19-,22+/m1/s1. The Kier molecular flexibility index (Phi) is 9.08. The number of carbonyl (C=O) groups is 1. The van der Waals surface area contributed by atoms with Gasteiger partial charge in [-0.25, -0.2) is 4.98 Å². The van der Waals surface area contributed by atoms with Crippen molar-refractivity contribution in [1.29, 1.82) is 0 Å². The SMILES string of the molecule is C[C@@H]1C[C@H](n2c(Nc3ccc(OC(F)(F)F)cc3)nc3cc(OCC(=O)Nc4ccc(OC(F)F)cc4)ccc32)CC(C)(C)C1. The molecule has 1 amide bonds. The van der Waals surface area contributed by atoms with Crippen LogP contribution in [0.3, 0.4) is 0 Å². The summed E-state index contributed by atoms with van der Waals surface area (Å²) in [4.78, 5) is 17.3. The third-order valence-electron chi connectivity index (χ3n) is 7.47. The number of nitrogens with one attached hydrogen (secondary N) is 2. The molecule has 1 saturated carbocycles. The summed E-state index contributed by atoms with van der Waals surface area (Å²) in [5.41, 5.74) is 2.47. The number of aromatic nitrogens is 2. The van der Waals surface area contributed by atoms with Crippen molar-refractivity contribution in [2.24, 2.45) is 11.3 Å². The number of halogens is 5. The van der Waals surface area contributed by atoms with Crippen LogP contribution in [0.15, 0.2) is 66.7 Å². The van der Waals surface area contributed by atoms with E-state index in [-0.39, 0.29) is 29.6 Å². The maximum absolute atomic E-state index is 12.6. The number of hydrogen-bond donors (Lipinski definition) is 2. The number of carbonyl (C=O) groups excluding carboxylic acids is 1. The van der Waals surface area contributed by atoms with Crippen molar-refractivity contribution in [1.82, 2.24) is 9.55 Å². The number of alkyl halides is 5. The van der Waals surface area contributed by atoms with Crippen LogP contribution in [-0.4, -0.2) is 35.0 Å². The Bertz CT molecular complexity index is 1620. The van der Waals surface area contributed by atoms with Gasteiger partial charge >= 0.3 is 13.0 Å². The minimum Gasteiger partial charge on any atom is -0.484 e. The smallest absolute Gasteiger partial charge is 0.484 e. The van der Waals surface area contributed by atoms with E-state index >= 15 is 0 Å². The molecule has 1 aliphatic carbocycles. The first-order valence-corrected chi connectivity index (χ1v) is 14.4. The summed E-state index contributed by atoms with van der Waals surface area (Å²) >= 11 is 0. The van der Waals surface area contributed by atoms with Gasteiger partial charge in [-0.2, -0.15) is 8.78 Å². The first-order valence-electron chi connectivity index (χ1n) is 14.4. The van der Waals surface area contributed by atoms with E-state index in [4.69, 9.17) is 9.72 Å². The van der Waals surface area contributed by atoms with Crippen LogP contribution in [0.2, 0.25) is 0 Å². The molecular formula is C32H33F5N4O4. The Hall–Kier alpha value is -4.55. The fourth-order valence-electron chi connectivity index (χ4n) is 6.05. The summed E-state index contributed by atoms with van der Waals surface area (Å²) in [6, 6.07) is 16.4. The number of hydrogen-bond acceptors (Lipinski definition) is 6. The van der Waals surface area contributed by atoms with E-state index in [9.17, 15) is 26.7 Å². The van der Waals surface area contributed by atoms with Gasteiger partial charge in [0.2, 0.25) is 5.95 Å². The Morgan fingerprint density at radius 1 is 0.978 bits per heavy atom. The molecule has 45 heavy (non-hydrogen) atoms. The van der Waals surface area contributed by atoms with Crippen LogP contribution in [0.5, 0.6) is 17.2 Å². The number of amides is 1. The molecule has 0 spiro atoms. The van der Waals surface area contributed by atoms with E-state index in [1.165, 1.54) is 48.5 Å². The minimum atomic E-state index is -4.78. The average molecular weight is 633 g/mol. The van der Waals surface area contributed by atoms with Gasteiger partial charge in [0.1, 0.15) is 17.2 Å². The fourth-order valence-corrected chi connectivity index (χ4v) is 6.05. The van der Waals surface area contributed by atoms with E-state index in [0.717, 1.165) is 24.8 Å². The topological polar surface area (TPSA) is 86.6 Å². The molecule has 1 fully saturated rings. The Morgan fingerprint density at radius 3 is 2.27 bits per heavy atom. The van der Waals surface area contributed by atoms with Gasteiger partial charge in [-0.3, -0.25) is 4.79 Å². The zero-order valence-corrected chi connectivity index (χ0v) is 24.8. The van der Waals surface area contributed by atoms with Crippen molar-refractivity contribution in [3.63, 3.8) is 0 Å². The summed E-state index contributed by atoms with van der Waals surface area (Å²) in [5.74, 6) is 0.588. The number of anilines is 3. The number of benzene rings is 3. The lowest BCUT2D eigenvalue weighted by atomic mass is 9.70. The molecule has 1 aliphatic rings. The summed E-state index contributed by atoms with van der Waals surface area (Å²) in [6.45, 7) is 3.45. The highest BCUT2D eigenvalue weighted by Crippen LogP contribution is 2.46. The molecule has 240 valence electrons. The zero-order valence-electron chi connectivity index (χ0n) is 24.8. The second kappa shape index (κ2) is 12.8. The van der Waals surface area contributed by atoms with Crippen LogP contribution in [0.25, 0.3) is 11.0 Å². The van der Waals surface area contributed by atoms with E-state index < -0.39 is 18.9 Å². The van der Waals surface area contributed by atoms with Crippen LogP contribution in [-0.2, 0) is 4.79 Å². The molecule has 0 saturated heterocycles. The van der Waals surface area contributed by atoms with E-state index in [1.54, 1.807) is 12.1 Å².